The molecule has 1 aromatic rings. The molecule has 0 radical (unpaired) electrons. The largest absolute Gasteiger partial charge is 0.385 e. The number of hydrogen-bond donors (Lipinski definition) is 1. The number of ether oxygens (including phenoxy) is 1. The van der Waals surface area contributed by atoms with Crippen molar-refractivity contribution < 1.29 is 4.74 Å². The minimum Gasteiger partial charge on any atom is -0.385 e. The highest BCUT2D eigenvalue weighted by Crippen LogP contribution is 2.34. The van der Waals surface area contributed by atoms with Gasteiger partial charge in [0.2, 0.25) is 0 Å². The van der Waals surface area contributed by atoms with E-state index in [9.17, 15) is 0 Å². The molecule has 16 heavy (non-hydrogen) atoms. The number of methoxy groups -OCH3 is 1. The third-order valence-corrected chi connectivity index (χ3v) is 4.33. The average Bonchev–Trinajstić information content (AvgIpc) is 2.71. The Balaban J connectivity index is 2.03. The first-order chi connectivity index (χ1) is 7.85. The molecule has 3 nitrogen and oxygen atoms in total. The molecule has 2 N–H and O–H groups in total. The normalized spacial score (nSPS) is 19.8. The van der Waals surface area contributed by atoms with Crippen molar-refractivity contribution in [2.45, 2.75) is 38.0 Å². The molecule has 0 bridgehead atoms. The van der Waals surface area contributed by atoms with Gasteiger partial charge in [0.15, 0.2) is 0 Å². The first-order valence-corrected chi connectivity index (χ1v) is 6.84. The minimum atomic E-state index is 0.510. The quantitative estimate of drug-likeness (QED) is 0.802. The molecular weight excluding hydrogens is 220 g/mol. The fourth-order valence-corrected chi connectivity index (χ4v) is 3.50. The maximum Gasteiger partial charge on any atom is 0.0932 e. The fraction of sp³-hybridized carbons (Fsp3) is 0.750. The zero-order valence-electron chi connectivity index (χ0n) is 9.87. The van der Waals surface area contributed by atoms with Crippen molar-refractivity contribution in [3.8, 4) is 0 Å². The first-order valence-electron chi connectivity index (χ1n) is 6.02. The molecule has 0 amide bonds. The van der Waals surface area contributed by atoms with Gasteiger partial charge in [-0.15, -0.1) is 11.3 Å². The number of nitrogens with two attached hydrogens (primary N) is 1. The van der Waals surface area contributed by atoms with Crippen LogP contribution in [0.1, 0.15) is 40.8 Å². The van der Waals surface area contributed by atoms with Crippen LogP contribution in [-0.4, -0.2) is 25.2 Å². The van der Waals surface area contributed by atoms with Crippen molar-refractivity contribution >= 4 is 11.3 Å². The van der Waals surface area contributed by atoms with E-state index < -0.39 is 0 Å². The molecule has 1 unspecified atom stereocenters. The summed E-state index contributed by atoms with van der Waals surface area (Å²) in [6, 6.07) is 0. The fourth-order valence-electron chi connectivity index (χ4n) is 2.26. The van der Waals surface area contributed by atoms with E-state index in [0.717, 1.165) is 26.0 Å². The Bertz CT molecular complexity index is 338. The van der Waals surface area contributed by atoms with Crippen molar-refractivity contribution in [2.24, 2.45) is 5.73 Å². The van der Waals surface area contributed by atoms with Gasteiger partial charge in [0.25, 0.3) is 0 Å². The highest BCUT2D eigenvalue weighted by atomic mass is 32.1. The van der Waals surface area contributed by atoms with Crippen molar-refractivity contribution in [1.82, 2.24) is 4.98 Å². The van der Waals surface area contributed by atoms with Crippen LogP contribution in [0.15, 0.2) is 0 Å². The summed E-state index contributed by atoms with van der Waals surface area (Å²) < 4.78 is 5.06. The summed E-state index contributed by atoms with van der Waals surface area (Å²) in [6.07, 6.45) is 5.80. The van der Waals surface area contributed by atoms with Gasteiger partial charge in [0.1, 0.15) is 0 Å². The Hall–Kier alpha value is -0.450. The van der Waals surface area contributed by atoms with Crippen LogP contribution in [-0.2, 0) is 17.6 Å². The number of nitrogens with zero attached hydrogens (tertiary/aromatic N) is 1. The van der Waals surface area contributed by atoms with E-state index in [-0.39, 0.29) is 0 Å². The molecule has 1 aromatic heterocycles. The minimum absolute atomic E-state index is 0.510. The highest BCUT2D eigenvalue weighted by molar-refractivity contribution is 7.11. The van der Waals surface area contributed by atoms with Gasteiger partial charge in [-0.2, -0.15) is 0 Å². The second kappa shape index (κ2) is 5.75. The number of hydrogen-bond acceptors (Lipinski definition) is 4. The van der Waals surface area contributed by atoms with Crippen LogP contribution in [0.25, 0.3) is 0 Å². The lowest BCUT2D eigenvalue weighted by Gasteiger charge is -2.18. The molecule has 1 aliphatic rings. The zero-order chi connectivity index (χ0) is 11.4. The van der Waals surface area contributed by atoms with Gasteiger partial charge in [-0.1, -0.05) is 0 Å². The molecule has 1 atom stereocenters. The van der Waals surface area contributed by atoms with E-state index in [2.05, 4.69) is 0 Å². The standard InChI is InChI=1S/C12H20N2OS/c1-15-7-3-6-11-14-12-9(8-13)4-2-5-10(12)16-11/h9H,2-8,13H2,1H3. The Labute approximate surface area is 101 Å². The van der Waals surface area contributed by atoms with Crippen molar-refractivity contribution in [3.05, 3.63) is 15.6 Å². The van der Waals surface area contributed by atoms with Gasteiger partial charge in [0.05, 0.1) is 10.7 Å². The van der Waals surface area contributed by atoms with Crippen LogP contribution in [0.4, 0.5) is 0 Å². The van der Waals surface area contributed by atoms with Crippen LogP contribution in [0.2, 0.25) is 0 Å². The van der Waals surface area contributed by atoms with E-state index in [4.69, 9.17) is 15.5 Å². The predicted molar refractivity (Wildman–Crippen MR) is 67.0 cm³/mol. The van der Waals surface area contributed by atoms with Crippen LogP contribution in [0.3, 0.4) is 0 Å². The number of fused-ring (bicyclic) bond motifs is 1. The summed E-state index contributed by atoms with van der Waals surface area (Å²) in [6.45, 7) is 1.57. The van der Waals surface area contributed by atoms with Crippen molar-refractivity contribution in [1.29, 1.82) is 0 Å². The van der Waals surface area contributed by atoms with Gasteiger partial charge < -0.3 is 10.5 Å². The molecule has 1 aliphatic carbocycles. The lowest BCUT2D eigenvalue weighted by atomic mass is 9.91. The Morgan fingerprint density at radius 2 is 2.44 bits per heavy atom. The smallest absolute Gasteiger partial charge is 0.0932 e. The molecule has 0 fully saturated rings. The molecule has 0 spiro atoms. The number of rotatable bonds is 5. The van der Waals surface area contributed by atoms with Gasteiger partial charge in [-0.05, 0) is 25.7 Å². The summed E-state index contributed by atoms with van der Waals surface area (Å²) in [7, 11) is 1.75. The van der Waals surface area contributed by atoms with Gasteiger partial charge in [-0.3, -0.25) is 0 Å². The van der Waals surface area contributed by atoms with Crippen LogP contribution in [0.5, 0.6) is 0 Å². The summed E-state index contributed by atoms with van der Waals surface area (Å²) in [5.74, 6) is 0.510. The number of aromatic nitrogens is 1. The second-order valence-corrected chi connectivity index (χ2v) is 5.51. The average molecular weight is 240 g/mol. The third kappa shape index (κ3) is 2.62. The van der Waals surface area contributed by atoms with E-state index in [1.54, 1.807) is 7.11 Å². The van der Waals surface area contributed by atoms with E-state index in [0.29, 0.717) is 5.92 Å². The molecule has 0 aromatic carbocycles. The van der Waals surface area contributed by atoms with Crippen molar-refractivity contribution in [2.75, 3.05) is 20.3 Å². The monoisotopic (exact) mass is 240 g/mol. The Morgan fingerprint density at radius 1 is 1.56 bits per heavy atom. The second-order valence-electron chi connectivity index (χ2n) is 4.34. The summed E-state index contributed by atoms with van der Waals surface area (Å²) >= 11 is 1.88. The number of thiazole rings is 1. The van der Waals surface area contributed by atoms with E-state index >= 15 is 0 Å². The molecule has 0 saturated carbocycles. The Kier molecular flexibility index (Phi) is 4.32. The lowest BCUT2D eigenvalue weighted by molar-refractivity contribution is 0.195. The molecule has 4 heteroatoms. The van der Waals surface area contributed by atoms with Crippen molar-refractivity contribution in [3.63, 3.8) is 0 Å². The Morgan fingerprint density at radius 3 is 3.19 bits per heavy atom. The lowest BCUT2D eigenvalue weighted by Crippen LogP contribution is -2.17. The summed E-state index contributed by atoms with van der Waals surface area (Å²) in [4.78, 5) is 6.24. The van der Waals surface area contributed by atoms with Gasteiger partial charge in [-0.25, -0.2) is 4.98 Å². The maximum absolute atomic E-state index is 5.79. The molecule has 90 valence electrons. The molecule has 0 saturated heterocycles. The summed E-state index contributed by atoms with van der Waals surface area (Å²) in [5, 5.41) is 1.27. The van der Waals surface area contributed by atoms with Crippen LogP contribution >= 0.6 is 11.3 Å². The van der Waals surface area contributed by atoms with Crippen LogP contribution < -0.4 is 5.73 Å². The van der Waals surface area contributed by atoms with Gasteiger partial charge >= 0.3 is 0 Å². The molecule has 1 heterocycles. The maximum atomic E-state index is 5.79. The van der Waals surface area contributed by atoms with Crippen LogP contribution in [0, 0.1) is 0 Å². The number of aryl methyl sites for hydroxylation is 2. The topological polar surface area (TPSA) is 48.1 Å². The first kappa shape index (κ1) is 12.0. The van der Waals surface area contributed by atoms with Gasteiger partial charge in [0, 0.05) is 37.5 Å². The molecule has 2 rings (SSSR count). The third-order valence-electron chi connectivity index (χ3n) is 3.14. The highest BCUT2D eigenvalue weighted by Gasteiger charge is 2.23. The molecule has 0 aliphatic heterocycles. The zero-order valence-corrected chi connectivity index (χ0v) is 10.7. The SMILES string of the molecule is COCCCc1nc2c(s1)CCCC2CN. The predicted octanol–water partition coefficient (Wildman–Crippen LogP) is 2.10. The van der Waals surface area contributed by atoms with E-state index in [1.807, 2.05) is 11.3 Å². The van der Waals surface area contributed by atoms with E-state index in [1.165, 1.54) is 34.8 Å². The summed E-state index contributed by atoms with van der Waals surface area (Å²) in [5.41, 5.74) is 7.09. The molecular formula is C12H20N2OS.